The van der Waals surface area contributed by atoms with Crippen molar-refractivity contribution < 1.29 is 28.6 Å². The fraction of sp³-hybridized carbons (Fsp3) is 0.115. The number of ether oxygens (including phenoxy) is 3. The molecule has 0 radical (unpaired) electrons. The number of allylic oxidation sites excluding steroid dienone is 1. The number of Topliss-reactive ketones (excluding diaryl/α,β-unsaturated/α-hetero) is 1. The number of esters is 2. The van der Waals surface area contributed by atoms with Crippen molar-refractivity contribution in [1.29, 1.82) is 0 Å². The summed E-state index contributed by atoms with van der Waals surface area (Å²) in [7, 11) is 1.31. The number of carbonyl (C=O) groups excluding carboxylic acids is 3. The van der Waals surface area contributed by atoms with E-state index < -0.39 is 11.9 Å². The maximum Gasteiger partial charge on any atom is 0.343 e. The first kappa shape index (κ1) is 21.1. The van der Waals surface area contributed by atoms with E-state index in [1.807, 2.05) is 19.1 Å². The van der Waals surface area contributed by atoms with Gasteiger partial charge in [-0.2, -0.15) is 0 Å². The fourth-order valence-corrected chi connectivity index (χ4v) is 3.38. The van der Waals surface area contributed by atoms with Gasteiger partial charge in [-0.3, -0.25) is 4.79 Å². The molecule has 1 heterocycles. The predicted octanol–water partition coefficient (Wildman–Crippen LogP) is 4.93. The Morgan fingerprint density at radius 2 is 1.50 bits per heavy atom. The third-order valence-electron chi connectivity index (χ3n) is 5.07. The molecule has 3 aromatic carbocycles. The summed E-state index contributed by atoms with van der Waals surface area (Å²) in [4.78, 5) is 36.9. The lowest BCUT2D eigenvalue weighted by molar-refractivity contribution is 0.0600. The molecule has 1 aliphatic rings. The average Bonchev–Trinajstić information content (AvgIpc) is 3.09. The van der Waals surface area contributed by atoms with E-state index in [1.165, 1.54) is 13.2 Å². The molecule has 0 aliphatic carbocycles. The molecule has 3 aromatic rings. The van der Waals surface area contributed by atoms with Gasteiger partial charge in [-0.15, -0.1) is 0 Å². The SMILES string of the molecule is COC(=O)c1ccc(/C=C2\Oc3cc(OC(=O)c4ccc(C)cc4)cc(C)c3C2=O)cc1. The third kappa shape index (κ3) is 4.16. The number of hydrogen-bond acceptors (Lipinski definition) is 6. The summed E-state index contributed by atoms with van der Waals surface area (Å²) in [6.45, 7) is 3.70. The first-order valence-electron chi connectivity index (χ1n) is 9.92. The number of benzene rings is 3. The lowest BCUT2D eigenvalue weighted by Gasteiger charge is -2.08. The standard InChI is InChI=1S/C26H20O6/c1-15-4-8-19(9-5-15)26(29)31-20-12-16(2)23-21(14-20)32-22(24(23)27)13-17-6-10-18(11-7-17)25(28)30-3/h4-14H,1-3H3/b22-13-. The Balaban J connectivity index is 1.56. The van der Waals surface area contributed by atoms with E-state index in [-0.39, 0.29) is 11.5 Å². The Morgan fingerprint density at radius 3 is 2.16 bits per heavy atom. The van der Waals surface area contributed by atoms with Crippen LogP contribution in [-0.2, 0) is 4.74 Å². The summed E-state index contributed by atoms with van der Waals surface area (Å²) in [5.74, 6) is -0.410. The van der Waals surface area contributed by atoms with Crippen molar-refractivity contribution in [2.24, 2.45) is 0 Å². The van der Waals surface area contributed by atoms with Gasteiger partial charge in [0, 0.05) is 6.07 Å². The van der Waals surface area contributed by atoms with Gasteiger partial charge in [0.1, 0.15) is 11.5 Å². The van der Waals surface area contributed by atoms with Crippen molar-refractivity contribution >= 4 is 23.8 Å². The second-order valence-corrected chi connectivity index (χ2v) is 7.42. The first-order valence-corrected chi connectivity index (χ1v) is 9.92. The van der Waals surface area contributed by atoms with E-state index in [1.54, 1.807) is 55.5 Å². The van der Waals surface area contributed by atoms with Gasteiger partial charge in [-0.05, 0) is 61.4 Å². The molecular formula is C26H20O6. The molecule has 0 N–H and O–H groups in total. The zero-order chi connectivity index (χ0) is 22.8. The Bertz CT molecular complexity index is 1250. The van der Waals surface area contributed by atoms with Crippen molar-refractivity contribution in [3.63, 3.8) is 0 Å². The van der Waals surface area contributed by atoms with Crippen molar-refractivity contribution in [3.05, 3.63) is 99.8 Å². The van der Waals surface area contributed by atoms with E-state index in [0.29, 0.717) is 39.3 Å². The number of hydrogen-bond donors (Lipinski definition) is 0. The molecule has 32 heavy (non-hydrogen) atoms. The van der Waals surface area contributed by atoms with Gasteiger partial charge < -0.3 is 14.2 Å². The molecule has 160 valence electrons. The van der Waals surface area contributed by atoms with Gasteiger partial charge in [0.05, 0.1) is 23.8 Å². The van der Waals surface area contributed by atoms with Gasteiger partial charge in [0.25, 0.3) is 0 Å². The topological polar surface area (TPSA) is 78.9 Å². The molecule has 6 heteroatoms. The van der Waals surface area contributed by atoms with Crippen LogP contribution in [0.25, 0.3) is 6.08 Å². The van der Waals surface area contributed by atoms with Gasteiger partial charge in [-0.1, -0.05) is 29.8 Å². The maximum atomic E-state index is 12.9. The largest absolute Gasteiger partial charge is 0.465 e. The molecule has 0 unspecified atom stereocenters. The van der Waals surface area contributed by atoms with Gasteiger partial charge >= 0.3 is 11.9 Å². The van der Waals surface area contributed by atoms with Crippen LogP contribution in [0.5, 0.6) is 11.5 Å². The molecule has 6 nitrogen and oxygen atoms in total. The Morgan fingerprint density at radius 1 is 0.875 bits per heavy atom. The minimum absolute atomic E-state index is 0.149. The summed E-state index contributed by atoms with van der Waals surface area (Å²) in [6.07, 6.45) is 1.60. The van der Waals surface area contributed by atoms with Crippen LogP contribution in [-0.4, -0.2) is 24.8 Å². The van der Waals surface area contributed by atoms with Crippen LogP contribution in [0.1, 0.15) is 47.8 Å². The molecular weight excluding hydrogens is 408 g/mol. The quantitative estimate of drug-likeness (QED) is 0.333. The highest BCUT2D eigenvalue weighted by Gasteiger charge is 2.30. The third-order valence-corrected chi connectivity index (χ3v) is 5.07. The minimum atomic E-state index is -0.491. The highest BCUT2D eigenvalue weighted by atomic mass is 16.5. The molecule has 4 rings (SSSR count). The van der Waals surface area contributed by atoms with Crippen molar-refractivity contribution in [1.82, 2.24) is 0 Å². The van der Waals surface area contributed by atoms with Gasteiger partial charge in [0.2, 0.25) is 5.78 Å². The van der Waals surface area contributed by atoms with E-state index in [4.69, 9.17) is 9.47 Å². The molecule has 0 atom stereocenters. The molecule has 0 saturated heterocycles. The summed E-state index contributed by atoms with van der Waals surface area (Å²) in [5, 5.41) is 0. The first-order chi connectivity index (χ1) is 15.4. The van der Waals surface area contributed by atoms with Crippen LogP contribution in [0.3, 0.4) is 0 Å². The second-order valence-electron chi connectivity index (χ2n) is 7.42. The normalized spacial score (nSPS) is 13.5. The van der Waals surface area contributed by atoms with E-state index in [9.17, 15) is 14.4 Å². The number of aryl methyl sites for hydroxylation is 2. The molecule has 0 aromatic heterocycles. The van der Waals surface area contributed by atoms with Crippen molar-refractivity contribution in [3.8, 4) is 11.5 Å². The summed E-state index contributed by atoms with van der Waals surface area (Å²) in [6, 6.07) is 16.9. The van der Waals surface area contributed by atoms with Crippen LogP contribution >= 0.6 is 0 Å². The van der Waals surface area contributed by atoms with Crippen molar-refractivity contribution in [2.45, 2.75) is 13.8 Å². The minimum Gasteiger partial charge on any atom is -0.465 e. The summed E-state index contributed by atoms with van der Waals surface area (Å²) < 4.78 is 15.9. The maximum absolute atomic E-state index is 12.9. The predicted molar refractivity (Wildman–Crippen MR) is 118 cm³/mol. The van der Waals surface area contributed by atoms with E-state index >= 15 is 0 Å². The zero-order valence-electron chi connectivity index (χ0n) is 17.8. The number of ketones is 1. The Hall–Kier alpha value is -4.19. The van der Waals surface area contributed by atoms with Gasteiger partial charge in [-0.25, -0.2) is 9.59 Å². The van der Waals surface area contributed by atoms with Crippen molar-refractivity contribution in [2.75, 3.05) is 7.11 Å². The summed E-state index contributed by atoms with van der Waals surface area (Å²) >= 11 is 0. The molecule has 0 spiro atoms. The molecule has 0 amide bonds. The number of rotatable bonds is 4. The number of carbonyl (C=O) groups is 3. The molecule has 1 aliphatic heterocycles. The smallest absolute Gasteiger partial charge is 0.343 e. The Kier molecular flexibility index (Phi) is 5.60. The monoisotopic (exact) mass is 428 g/mol. The highest BCUT2D eigenvalue weighted by molar-refractivity contribution is 6.15. The molecule has 0 fully saturated rings. The van der Waals surface area contributed by atoms with Crippen LogP contribution in [0.2, 0.25) is 0 Å². The lowest BCUT2D eigenvalue weighted by Crippen LogP contribution is -2.08. The van der Waals surface area contributed by atoms with Crippen LogP contribution in [0, 0.1) is 13.8 Å². The number of methoxy groups -OCH3 is 1. The van der Waals surface area contributed by atoms with Crippen LogP contribution in [0.4, 0.5) is 0 Å². The van der Waals surface area contributed by atoms with Crippen LogP contribution < -0.4 is 9.47 Å². The fourth-order valence-electron chi connectivity index (χ4n) is 3.38. The average molecular weight is 428 g/mol. The Labute approximate surface area is 185 Å². The summed E-state index contributed by atoms with van der Waals surface area (Å²) in [5.41, 5.74) is 3.65. The highest BCUT2D eigenvalue weighted by Crippen LogP contribution is 2.37. The molecule has 0 bridgehead atoms. The second kappa shape index (κ2) is 8.51. The lowest BCUT2D eigenvalue weighted by atomic mass is 10.0. The molecule has 0 saturated carbocycles. The zero-order valence-corrected chi connectivity index (χ0v) is 17.8. The van der Waals surface area contributed by atoms with Crippen LogP contribution in [0.15, 0.2) is 66.4 Å². The number of fused-ring (bicyclic) bond motifs is 1. The van der Waals surface area contributed by atoms with E-state index in [2.05, 4.69) is 4.74 Å². The van der Waals surface area contributed by atoms with E-state index in [0.717, 1.165) is 5.56 Å². The van der Waals surface area contributed by atoms with Gasteiger partial charge in [0.15, 0.2) is 5.76 Å².